The van der Waals surface area contributed by atoms with Crippen LogP contribution in [0.2, 0.25) is 0 Å². The van der Waals surface area contributed by atoms with Gasteiger partial charge in [0.2, 0.25) is 17.7 Å². The number of hydrogen-bond donors (Lipinski definition) is 3. The zero-order valence-electron chi connectivity index (χ0n) is 29.0. The molecule has 2 saturated heterocycles. The van der Waals surface area contributed by atoms with Crippen molar-refractivity contribution in [3.8, 4) is 0 Å². The summed E-state index contributed by atoms with van der Waals surface area (Å²) in [5.41, 5.74) is 3.64. The molecule has 4 atom stereocenters. The van der Waals surface area contributed by atoms with Gasteiger partial charge in [0.15, 0.2) is 0 Å². The van der Waals surface area contributed by atoms with Gasteiger partial charge < -0.3 is 25.6 Å². The van der Waals surface area contributed by atoms with E-state index in [4.69, 9.17) is 4.74 Å². The van der Waals surface area contributed by atoms with Crippen molar-refractivity contribution < 1.29 is 19.1 Å². The highest BCUT2D eigenvalue weighted by Crippen LogP contribution is 2.49. The standard InChI is InChI=1S/C42H48N4O4/c1-30(43-2)39(47)44-35-25-28-50-36-29-42(26-23-31-15-7-3-8-16-31,27-24-32-17-9-4-10-18-32)38(46(36)41(35)49)40(48)45-37(33-19-11-5-12-20-33)34-21-13-6-14-22-34/h3-22,30,35-38,43H,23-29H2,1-2H3,(H,44,47)(H,45,48)/t30-,35-,36-,38+/m0/s1. The first-order valence-corrected chi connectivity index (χ1v) is 17.8. The quantitative estimate of drug-likeness (QED) is 0.172. The monoisotopic (exact) mass is 672 g/mol. The number of aryl methyl sites for hydroxylation is 2. The van der Waals surface area contributed by atoms with Gasteiger partial charge in [-0.05, 0) is 61.9 Å². The van der Waals surface area contributed by atoms with E-state index in [1.165, 1.54) is 11.1 Å². The Labute approximate surface area is 295 Å². The third-order valence-electron chi connectivity index (χ3n) is 10.5. The lowest BCUT2D eigenvalue weighted by Gasteiger charge is -2.39. The Balaban J connectivity index is 1.42. The third kappa shape index (κ3) is 7.98. The van der Waals surface area contributed by atoms with Gasteiger partial charge in [-0.2, -0.15) is 0 Å². The summed E-state index contributed by atoms with van der Waals surface area (Å²) in [4.78, 5) is 44.6. The fraction of sp³-hybridized carbons (Fsp3) is 0.357. The number of hydrogen-bond acceptors (Lipinski definition) is 5. The first kappa shape index (κ1) is 35.1. The molecule has 0 spiro atoms. The van der Waals surface area contributed by atoms with Crippen LogP contribution in [0.3, 0.4) is 0 Å². The van der Waals surface area contributed by atoms with Crippen LogP contribution in [0.5, 0.6) is 0 Å². The van der Waals surface area contributed by atoms with Crippen LogP contribution >= 0.6 is 0 Å². The second-order valence-electron chi connectivity index (χ2n) is 13.6. The van der Waals surface area contributed by atoms with Gasteiger partial charge in [-0.15, -0.1) is 0 Å². The van der Waals surface area contributed by atoms with Crippen molar-refractivity contribution in [2.24, 2.45) is 5.41 Å². The number of nitrogens with one attached hydrogen (secondary N) is 3. The third-order valence-corrected chi connectivity index (χ3v) is 10.5. The number of fused-ring (bicyclic) bond motifs is 1. The van der Waals surface area contributed by atoms with Gasteiger partial charge in [-0.25, -0.2) is 0 Å². The molecule has 2 heterocycles. The maximum Gasteiger partial charge on any atom is 0.247 e. The lowest BCUT2D eigenvalue weighted by atomic mass is 9.71. The number of likely N-dealkylation sites (N-methyl/N-ethyl adjacent to an activating group) is 1. The molecule has 0 aromatic heterocycles. The Kier molecular flexibility index (Phi) is 11.4. The van der Waals surface area contributed by atoms with E-state index in [1.54, 1.807) is 18.9 Å². The summed E-state index contributed by atoms with van der Waals surface area (Å²) in [5.74, 6) is -0.766. The van der Waals surface area contributed by atoms with Crippen LogP contribution < -0.4 is 16.0 Å². The summed E-state index contributed by atoms with van der Waals surface area (Å²) in [7, 11) is 1.71. The Morgan fingerprint density at radius 2 is 1.30 bits per heavy atom. The Hall–Kier alpha value is -4.79. The van der Waals surface area contributed by atoms with E-state index in [0.717, 1.165) is 24.0 Å². The number of nitrogens with zero attached hydrogens (tertiary/aromatic N) is 1. The first-order chi connectivity index (χ1) is 24.4. The van der Waals surface area contributed by atoms with E-state index in [1.807, 2.05) is 97.1 Å². The van der Waals surface area contributed by atoms with Crippen LogP contribution in [0.15, 0.2) is 121 Å². The highest BCUT2D eigenvalue weighted by Gasteiger charge is 2.58. The fourth-order valence-electron chi connectivity index (χ4n) is 7.57. The number of amides is 3. The van der Waals surface area contributed by atoms with E-state index >= 15 is 4.79 Å². The molecule has 8 heteroatoms. The highest BCUT2D eigenvalue weighted by molar-refractivity contribution is 5.94. The number of benzene rings is 4. The number of carbonyl (C=O) groups excluding carboxylic acids is 3. The summed E-state index contributed by atoms with van der Waals surface area (Å²) in [6.07, 6.45) is 3.11. The molecule has 260 valence electrons. The minimum atomic E-state index is -0.832. The van der Waals surface area contributed by atoms with Gasteiger partial charge in [-0.3, -0.25) is 14.4 Å². The predicted octanol–water partition coefficient (Wildman–Crippen LogP) is 5.58. The second kappa shape index (κ2) is 16.3. The lowest BCUT2D eigenvalue weighted by Crippen LogP contribution is -2.59. The zero-order chi connectivity index (χ0) is 34.9. The summed E-state index contributed by atoms with van der Waals surface area (Å²) in [5, 5.41) is 9.33. The Bertz CT molecular complexity index is 1620. The summed E-state index contributed by atoms with van der Waals surface area (Å²) < 4.78 is 6.47. The Morgan fingerprint density at radius 1 is 0.800 bits per heavy atom. The largest absolute Gasteiger partial charge is 0.358 e. The van der Waals surface area contributed by atoms with Crippen molar-refractivity contribution in [1.29, 1.82) is 0 Å². The molecular formula is C42H48N4O4. The molecule has 0 bridgehead atoms. The van der Waals surface area contributed by atoms with Crippen molar-refractivity contribution >= 4 is 17.7 Å². The number of rotatable bonds is 13. The summed E-state index contributed by atoms with van der Waals surface area (Å²) in [6.45, 7) is 2.05. The smallest absolute Gasteiger partial charge is 0.247 e. The van der Waals surface area contributed by atoms with E-state index in [-0.39, 0.29) is 17.7 Å². The second-order valence-corrected chi connectivity index (χ2v) is 13.6. The van der Waals surface area contributed by atoms with Crippen LogP contribution in [-0.2, 0) is 32.0 Å². The molecule has 0 unspecified atom stereocenters. The highest BCUT2D eigenvalue weighted by atomic mass is 16.5. The fourth-order valence-corrected chi connectivity index (χ4v) is 7.57. The van der Waals surface area contributed by atoms with Crippen LogP contribution in [0.4, 0.5) is 0 Å². The molecule has 2 aliphatic rings. The van der Waals surface area contributed by atoms with Crippen molar-refractivity contribution in [2.75, 3.05) is 13.7 Å². The molecule has 3 N–H and O–H groups in total. The SMILES string of the molecule is CN[C@@H](C)C(=O)N[C@H]1CCO[C@H]2CC(CCc3ccccc3)(CCc3ccccc3)[C@@H](C(=O)NC(c3ccccc3)c3ccccc3)N2C1=O. The average Bonchev–Trinajstić information content (AvgIpc) is 3.42. The molecule has 2 aliphatic heterocycles. The molecule has 0 saturated carbocycles. The van der Waals surface area contributed by atoms with Crippen LogP contribution in [-0.4, -0.2) is 60.6 Å². The van der Waals surface area contributed by atoms with Gasteiger partial charge in [0.05, 0.1) is 18.7 Å². The van der Waals surface area contributed by atoms with Crippen molar-refractivity contribution in [3.05, 3.63) is 144 Å². The van der Waals surface area contributed by atoms with E-state index in [2.05, 4.69) is 40.2 Å². The average molecular weight is 673 g/mol. The van der Waals surface area contributed by atoms with Gasteiger partial charge >= 0.3 is 0 Å². The molecule has 8 nitrogen and oxygen atoms in total. The number of carbonyl (C=O) groups is 3. The van der Waals surface area contributed by atoms with Crippen LogP contribution in [0.1, 0.15) is 60.9 Å². The number of ether oxygens (including phenoxy) is 1. The van der Waals surface area contributed by atoms with Gasteiger partial charge in [0.25, 0.3) is 0 Å². The molecule has 50 heavy (non-hydrogen) atoms. The maximum atomic E-state index is 15.2. The predicted molar refractivity (Wildman–Crippen MR) is 195 cm³/mol. The molecule has 0 aliphatic carbocycles. The molecule has 4 aromatic rings. The first-order valence-electron chi connectivity index (χ1n) is 17.8. The molecule has 2 fully saturated rings. The minimum Gasteiger partial charge on any atom is -0.358 e. The van der Waals surface area contributed by atoms with E-state index in [9.17, 15) is 9.59 Å². The zero-order valence-corrected chi connectivity index (χ0v) is 29.0. The van der Waals surface area contributed by atoms with Crippen molar-refractivity contribution in [3.63, 3.8) is 0 Å². The van der Waals surface area contributed by atoms with Crippen LogP contribution in [0, 0.1) is 5.41 Å². The van der Waals surface area contributed by atoms with Crippen molar-refractivity contribution in [2.45, 2.75) is 75.8 Å². The van der Waals surface area contributed by atoms with Gasteiger partial charge in [-0.1, -0.05) is 121 Å². The lowest BCUT2D eigenvalue weighted by molar-refractivity contribution is -0.150. The molecular weight excluding hydrogens is 624 g/mol. The molecule has 0 radical (unpaired) electrons. The van der Waals surface area contributed by atoms with Gasteiger partial charge in [0.1, 0.15) is 18.3 Å². The molecule has 6 rings (SSSR count). The van der Waals surface area contributed by atoms with E-state index in [0.29, 0.717) is 32.3 Å². The molecule has 4 aromatic carbocycles. The van der Waals surface area contributed by atoms with Gasteiger partial charge in [0, 0.05) is 18.3 Å². The maximum absolute atomic E-state index is 15.2. The summed E-state index contributed by atoms with van der Waals surface area (Å²) in [6, 6.07) is 37.9. The molecule has 3 amide bonds. The minimum absolute atomic E-state index is 0.223. The van der Waals surface area contributed by atoms with E-state index < -0.39 is 35.8 Å². The Morgan fingerprint density at radius 3 is 1.80 bits per heavy atom. The van der Waals surface area contributed by atoms with Crippen LogP contribution in [0.25, 0.3) is 0 Å². The normalized spacial score (nSPS) is 20.5. The van der Waals surface area contributed by atoms with Crippen molar-refractivity contribution in [1.82, 2.24) is 20.9 Å². The summed E-state index contributed by atoms with van der Waals surface area (Å²) >= 11 is 0. The topological polar surface area (TPSA) is 99.8 Å².